The van der Waals surface area contributed by atoms with Crippen LogP contribution in [0.4, 0.5) is 8.78 Å². The zero-order chi connectivity index (χ0) is 15.4. The van der Waals surface area contributed by atoms with Crippen molar-refractivity contribution in [1.82, 2.24) is 10.2 Å². The van der Waals surface area contributed by atoms with E-state index in [9.17, 15) is 8.78 Å². The van der Waals surface area contributed by atoms with E-state index in [0.29, 0.717) is 19.1 Å². The van der Waals surface area contributed by atoms with Crippen molar-refractivity contribution in [1.29, 1.82) is 0 Å². The smallest absolute Gasteiger partial charge is 0.251 e. The number of para-hydroxylation sites is 1. The predicted octanol–water partition coefficient (Wildman–Crippen LogP) is 3.63. The van der Waals surface area contributed by atoms with E-state index >= 15 is 0 Å². The SMILES string of the molecule is CC(C)NCc1oc2ccccc2c1CN(C)CC(F)F. The van der Waals surface area contributed by atoms with E-state index in [1.165, 1.54) is 0 Å². The summed E-state index contributed by atoms with van der Waals surface area (Å²) in [4.78, 5) is 1.63. The molecule has 0 aliphatic rings. The van der Waals surface area contributed by atoms with Crippen LogP contribution in [-0.4, -0.2) is 31.0 Å². The lowest BCUT2D eigenvalue weighted by Gasteiger charge is -2.16. The molecule has 1 aromatic carbocycles. The molecule has 0 amide bonds. The highest BCUT2D eigenvalue weighted by atomic mass is 19.3. The van der Waals surface area contributed by atoms with Crippen LogP contribution < -0.4 is 5.32 Å². The Morgan fingerprint density at radius 2 is 1.95 bits per heavy atom. The number of fused-ring (bicyclic) bond motifs is 1. The Hall–Kier alpha value is -1.46. The Morgan fingerprint density at radius 3 is 2.62 bits per heavy atom. The van der Waals surface area contributed by atoms with Gasteiger partial charge in [0.2, 0.25) is 0 Å². The first-order valence-corrected chi connectivity index (χ1v) is 7.16. The molecule has 0 fully saturated rings. The second-order valence-corrected chi connectivity index (χ2v) is 5.62. The number of hydrogen-bond donors (Lipinski definition) is 1. The minimum absolute atomic E-state index is 0.240. The number of alkyl halides is 2. The number of furan rings is 1. The Bertz CT molecular complexity index is 581. The quantitative estimate of drug-likeness (QED) is 0.846. The maximum atomic E-state index is 12.5. The minimum Gasteiger partial charge on any atom is -0.459 e. The lowest BCUT2D eigenvalue weighted by atomic mass is 10.1. The van der Waals surface area contributed by atoms with E-state index in [4.69, 9.17) is 4.42 Å². The summed E-state index contributed by atoms with van der Waals surface area (Å²) in [7, 11) is 1.70. The van der Waals surface area contributed by atoms with Gasteiger partial charge in [0.25, 0.3) is 6.43 Å². The van der Waals surface area contributed by atoms with Gasteiger partial charge in [-0.15, -0.1) is 0 Å². The van der Waals surface area contributed by atoms with Crippen molar-refractivity contribution < 1.29 is 13.2 Å². The van der Waals surface area contributed by atoms with Crippen molar-refractivity contribution in [2.75, 3.05) is 13.6 Å². The molecule has 0 aliphatic carbocycles. The van der Waals surface area contributed by atoms with Crippen LogP contribution in [0.25, 0.3) is 11.0 Å². The van der Waals surface area contributed by atoms with Crippen molar-refractivity contribution in [3.63, 3.8) is 0 Å². The van der Waals surface area contributed by atoms with Gasteiger partial charge in [0.15, 0.2) is 0 Å². The Balaban J connectivity index is 2.26. The second-order valence-electron chi connectivity index (χ2n) is 5.62. The summed E-state index contributed by atoms with van der Waals surface area (Å²) in [6.45, 7) is 4.94. The van der Waals surface area contributed by atoms with Crippen molar-refractivity contribution in [3.05, 3.63) is 35.6 Å². The van der Waals surface area contributed by atoms with Crippen molar-refractivity contribution in [3.8, 4) is 0 Å². The zero-order valence-corrected chi connectivity index (χ0v) is 12.7. The highest BCUT2D eigenvalue weighted by molar-refractivity contribution is 5.82. The first-order chi connectivity index (χ1) is 9.97. The van der Waals surface area contributed by atoms with Crippen LogP contribution in [0.2, 0.25) is 0 Å². The van der Waals surface area contributed by atoms with Gasteiger partial charge in [0.1, 0.15) is 11.3 Å². The van der Waals surface area contributed by atoms with Crippen LogP contribution in [0.5, 0.6) is 0 Å². The summed E-state index contributed by atoms with van der Waals surface area (Å²) >= 11 is 0. The van der Waals surface area contributed by atoms with Crippen molar-refractivity contribution in [2.24, 2.45) is 0 Å². The molecule has 2 aromatic rings. The van der Waals surface area contributed by atoms with Gasteiger partial charge in [-0.2, -0.15) is 0 Å². The summed E-state index contributed by atoms with van der Waals surface area (Å²) in [5.74, 6) is 0.825. The normalized spacial score (nSPS) is 12.2. The molecule has 0 spiro atoms. The molecule has 0 bridgehead atoms. The number of rotatable bonds is 7. The lowest BCUT2D eigenvalue weighted by Crippen LogP contribution is -2.26. The van der Waals surface area contributed by atoms with Crippen LogP contribution in [0.1, 0.15) is 25.2 Å². The first-order valence-electron chi connectivity index (χ1n) is 7.16. The number of hydrogen-bond acceptors (Lipinski definition) is 3. The summed E-state index contributed by atoms with van der Waals surface area (Å²) in [6, 6.07) is 8.07. The minimum atomic E-state index is -2.33. The molecule has 21 heavy (non-hydrogen) atoms. The lowest BCUT2D eigenvalue weighted by molar-refractivity contribution is 0.0974. The third-order valence-electron chi connectivity index (χ3n) is 3.33. The number of benzene rings is 1. The van der Waals surface area contributed by atoms with Crippen LogP contribution in [0.3, 0.4) is 0 Å². The van der Waals surface area contributed by atoms with Gasteiger partial charge in [-0.05, 0) is 13.1 Å². The topological polar surface area (TPSA) is 28.4 Å². The van der Waals surface area contributed by atoms with Gasteiger partial charge in [-0.1, -0.05) is 32.0 Å². The molecule has 0 unspecified atom stereocenters. The van der Waals surface area contributed by atoms with E-state index in [0.717, 1.165) is 22.3 Å². The third-order valence-corrected chi connectivity index (χ3v) is 3.33. The standard InChI is InChI=1S/C16H22F2N2O/c1-11(2)19-8-15-13(9-20(3)10-16(17)18)12-6-4-5-7-14(12)21-15/h4-7,11,16,19H,8-10H2,1-3H3. The van der Waals surface area contributed by atoms with Gasteiger partial charge in [-0.3, -0.25) is 4.90 Å². The summed E-state index contributed by atoms with van der Waals surface area (Å²) < 4.78 is 30.9. The third kappa shape index (κ3) is 4.25. The maximum Gasteiger partial charge on any atom is 0.251 e. The Morgan fingerprint density at radius 1 is 1.24 bits per heavy atom. The van der Waals surface area contributed by atoms with Gasteiger partial charge in [0, 0.05) is 23.5 Å². The molecule has 0 radical (unpaired) electrons. The molecule has 0 atom stereocenters. The fourth-order valence-corrected chi connectivity index (χ4v) is 2.33. The average Bonchev–Trinajstić information content (AvgIpc) is 2.74. The Labute approximate surface area is 123 Å². The fraction of sp³-hybridized carbons (Fsp3) is 0.500. The molecule has 3 nitrogen and oxygen atoms in total. The average molecular weight is 296 g/mol. The van der Waals surface area contributed by atoms with E-state index in [1.807, 2.05) is 24.3 Å². The van der Waals surface area contributed by atoms with Gasteiger partial charge in [0.05, 0.1) is 13.1 Å². The number of nitrogens with zero attached hydrogens (tertiary/aromatic N) is 1. The first kappa shape index (κ1) is 15.9. The van der Waals surface area contributed by atoms with Gasteiger partial charge < -0.3 is 9.73 Å². The molecule has 1 aromatic heterocycles. The van der Waals surface area contributed by atoms with E-state index in [1.54, 1.807) is 11.9 Å². The predicted molar refractivity (Wildman–Crippen MR) is 80.5 cm³/mol. The summed E-state index contributed by atoms with van der Waals surface area (Å²) in [6.07, 6.45) is -2.33. The van der Waals surface area contributed by atoms with Crippen LogP contribution in [0, 0.1) is 0 Å². The molecule has 1 heterocycles. The van der Waals surface area contributed by atoms with Crippen LogP contribution >= 0.6 is 0 Å². The highest BCUT2D eigenvalue weighted by Gasteiger charge is 2.17. The van der Waals surface area contributed by atoms with Crippen molar-refractivity contribution >= 4 is 11.0 Å². The molecule has 1 N–H and O–H groups in total. The van der Waals surface area contributed by atoms with Gasteiger partial charge in [-0.25, -0.2) is 8.78 Å². The molecule has 0 saturated heterocycles. The molecule has 5 heteroatoms. The van der Waals surface area contributed by atoms with Crippen LogP contribution in [-0.2, 0) is 13.1 Å². The number of halogens is 2. The van der Waals surface area contributed by atoms with Crippen molar-refractivity contribution in [2.45, 2.75) is 39.4 Å². The maximum absolute atomic E-state index is 12.5. The molecular weight excluding hydrogens is 274 g/mol. The molecule has 116 valence electrons. The van der Waals surface area contributed by atoms with Crippen LogP contribution in [0.15, 0.2) is 28.7 Å². The Kier molecular flexibility index (Phi) is 5.31. The highest BCUT2D eigenvalue weighted by Crippen LogP contribution is 2.27. The molecule has 0 aliphatic heterocycles. The fourth-order valence-electron chi connectivity index (χ4n) is 2.33. The monoisotopic (exact) mass is 296 g/mol. The molecule has 0 saturated carbocycles. The number of nitrogens with one attached hydrogen (secondary N) is 1. The second kappa shape index (κ2) is 7.00. The largest absolute Gasteiger partial charge is 0.459 e. The molecule has 2 rings (SSSR count). The summed E-state index contributed by atoms with van der Waals surface area (Å²) in [5, 5.41) is 4.32. The molecular formula is C16H22F2N2O. The van der Waals surface area contributed by atoms with E-state index < -0.39 is 6.43 Å². The zero-order valence-electron chi connectivity index (χ0n) is 12.7. The van der Waals surface area contributed by atoms with Gasteiger partial charge >= 0.3 is 0 Å². The van der Waals surface area contributed by atoms with E-state index in [2.05, 4.69) is 19.2 Å². The summed E-state index contributed by atoms with van der Waals surface area (Å²) in [5.41, 5.74) is 1.79. The van der Waals surface area contributed by atoms with E-state index in [-0.39, 0.29) is 6.54 Å².